The van der Waals surface area contributed by atoms with Gasteiger partial charge in [-0.2, -0.15) is 14.6 Å². The third-order valence-electron chi connectivity index (χ3n) is 4.01. The molecule has 0 atom stereocenters. The van der Waals surface area contributed by atoms with E-state index >= 15 is 0 Å². The average molecular weight is 427 g/mol. The zero-order chi connectivity index (χ0) is 20.4. The van der Waals surface area contributed by atoms with Gasteiger partial charge in [-0.05, 0) is 60.0 Å². The molecular weight excluding hydrogens is 412 g/mol. The fourth-order valence-corrected chi connectivity index (χ4v) is 3.30. The first-order chi connectivity index (χ1) is 14.0. The van der Waals surface area contributed by atoms with E-state index in [1.165, 1.54) is 16.6 Å². The molecule has 2 aromatic carbocycles. The van der Waals surface area contributed by atoms with Crippen LogP contribution in [0, 0.1) is 6.92 Å². The minimum atomic E-state index is -0.366. The molecule has 0 unspecified atom stereocenters. The van der Waals surface area contributed by atoms with Gasteiger partial charge >= 0.3 is 0 Å². The molecule has 4 aromatic rings. The van der Waals surface area contributed by atoms with Crippen molar-refractivity contribution in [3.05, 3.63) is 64.9 Å². The van der Waals surface area contributed by atoms with Gasteiger partial charge in [-0.3, -0.25) is 4.79 Å². The minimum Gasteiger partial charge on any atom is -0.320 e. The summed E-state index contributed by atoms with van der Waals surface area (Å²) in [5.41, 5.74) is 2.72. The molecule has 0 aliphatic rings. The molecule has 1 N–H and O–H groups in total. The number of carbonyl (C=O) groups is 1. The third-order valence-corrected chi connectivity index (χ3v) is 4.86. The van der Waals surface area contributed by atoms with Gasteiger partial charge in [-0.1, -0.05) is 35.5 Å². The molecule has 146 valence electrons. The Labute approximate surface area is 175 Å². The molecule has 0 fully saturated rings. The number of thioether (sulfide) groups is 1. The van der Waals surface area contributed by atoms with Gasteiger partial charge in [0.25, 0.3) is 5.91 Å². The van der Waals surface area contributed by atoms with Gasteiger partial charge in [0, 0.05) is 10.7 Å². The van der Waals surface area contributed by atoms with Crippen LogP contribution in [0.2, 0.25) is 5.02 Å². The van der Waals surface area contributed by atoms with Crippen LogP contribution in [0.15, 0.2) is 53.7 Å². The molecule has 0 saturated carbocycles. The first-order valence-electron chi connectivity index (χ1n) is 8.49. The highest BCUT2D eigenvalue weighted by Crippen LogP contribution is 2.20. The van der Waals surface area contributed by atoms with Crippen molar-refractivity contribution in [3.63, 3.8) is 0 Å². The van der Waals surface area contributed by atoms with Crippen LogP contribution in [0.25, 0.3) is 11.4 Å². The molecule has 4 rings (SSSR count). The normalized spacial score (nSPS) is 10.9. The Morgan fingerprint density at radius 1 is 1.10 bits per heavy atom. The molecule has 0 aliphatic heterocycles. The Bertz CT molecular complexity index is 1190. The van der Waals surface area contributed by atoms with E-state index in [1.54, 1.807) is 41.9 Å². The number of amides is 1. The van der Waals surface area contributed by atoms with E-state index in [1.807, 2.05) is 24.5 Å². The van der Waals surface area contributed by atoms with E-state index in [9.17, 15) is 4.79 Å². The number of benzene rings is 2. The second kappa shape index (κ2) is 8.02. The van der Waals surface area contributed by atoms with Gasteiger partial charge in [0.2, 0.25) is 5.16 Å². The number of aromatic nitrogens is 7. The van der Waals surface area contributed by atoms with E-state index in [4.69, 9.17) is 11.6 Å². The smallest absolute Gasteiger partial charge is 0.278 e. The van der Waals surface area contributed by atoms with Gasteiger partial charge in [0.1, 0.15) is 0 Å². The van der Waals surface area contributed by atoms with Crippen molar-refractivity contribution >= 4 is 35.0 Å². The molecule has 2 aromatic heterocycles. The molecule has 0 saturated heterocycles. The number of carbonyl (C=O) groups excluding carboxylic acids is 1. The maximum absolute atomic E-state index is 12.8. The van der Waals surface area contributed by atoms with Crippen molar-refractivity contribution in [2.24, 2.45) is 0 Å². The zero-order valence-corrected chi connectivity index (χ0v) is 17.0. The summed E-state index contributed by atoms with van der Waals surface area (Å²) < 4.78 is 1.60. The lowest BCUT2D eigenvalue weighted by atomic mass is 10.2. The van der Waals surface area contributed by atoms with E-state index in [0.29, 0.717) is 27.2 Å². The summed E-state index contributed by atoms with van der Waals surface area (Å²) in [7, 11) is 0. The Kier molecular flexibility index (Phi) is 5.28. The number of halogens is 1. The van der Waals surface area contributed by atoms with Crippen LogP contribution in [-0.2, 0) is 0 Å². The quantitative estimate of drug-likeness (QED) is 0.489. The monoisotopic (exact) mass is 426 g/mol. The fraction of sp³-hybridized carbons (Fsp3) is 0.111. The summed E-state index contributed by atoms with van der Waals surface area (Å²) in [5.74, 6) is -0.366. The van der Waals surface area contributed by atoms with Gasteiger partial charge in [0.15, 0.2) is 5.69 Å². The van der Waals surface area contributed by atoms with E-state index in [0.717, 1.165) is 5.69 Å². The van der Waals surface area contributed by atoms with Crippen LogP contribution in [0.1, 0.15) is 16.2 Å². The third kappa shape index (κ3) is 3.98. The van der Waals surface area contributed by atoms with Gasteiger partial charge in [-0.25, -0.2) is 0 Å². The fourth-order valence-electron chi connectivity index (χ4n) is 2.68. The van der Waals surface area contributed by atoms with Crippen LogP contribution < -0.4 is 5.32 Å². The Balaban J connectivity index is 1.58. The van der Waals surface area contributed by atoms with Crippen LogP contribution in [0.4, 0.5) is 5.69 Å². The molecule has 9 nitrogen and oxygen atoms in total. The second-order valence-electron chi connectivity index (χ2n) is 5.99. The Hall–Kier alpha value is -3.24. The number of anilines is 1. The molecule has 0 spiro atoms. The molecule has 0 aliphatic carbocycles. The van der Waals surface area contributed by atoms with Gasteiger partial charge in [0.05, 0.1) is 17.1 Å². The summed E-state index contributed by atoms with van der Waals surface area (Å²) in [6.45, 7) is 1.73. The Morgan fingerprint density at radius 3 is 2.69 bits per heavy atom. The maximum atomic E-state index is 12.8. The highest BCUT2D eigenvalue weighted by molar-refractivity contribution is 7.98. The summed E-state index contributed by atoms with van der Waals surface area (Å²) in [6.07, 6.45) is 1.89. The van der Waals surface area contributed by atoms with E-state index in [-0.39, 0.29) is 11.6 Å². The number of rotatable bonds is 5. The predicted molar refractivity (Wildman–Crippen MR) is 110 cm³/mol. The topological polar surface area (TPSA) is 103 Å². The first kappa shape index (κ1) is 19.1. The molecule has 29 heavy (non-hydrogen) atoms. The van der Waals surface area contributed by atoms with Crippen molar-refractivity contribution in [1.82, 2.24) is 35.2 Å². The maximum Gasteiger partial charge on any atom is 0.278 e. The number of hydrogen-bond donors (Lipinski definition) is 1. The Morgan fingerprint density at radius 2 is 1.90 bits per heavy atom. The van der Waals surface area contributed by atoms with Crippen molar-refractivity contribution < 1.29 is 4.79 Å². The number of aryl methyl sites for hydroxylation is 1. The minimum absolute atomic E-state index is 0.225. The van der Waals surface area contributed by atoms with Crippen LogP contribution in [0.5, 0.6) is 0 Å². The molecule has 1 amide bonds. The summed E-state index contributed by atoms with van der Waals surface area (Å²) in [6, 6.07) is 14.3. The molecular formula is C18H15ClN8OS. The van der Waals surface area contributed by atoms with Crippen molar-refractivity contribution in [2.75, 3.05) is 11.6 Å². The number of nitrogens with zero attached hydrogens (tertiary/aromatic N) is 7. The average Bonchev–Trinajstić information content (AvgIpc) is 3.34. The van der Waals surface area contributed by atoms with Crippen LogP contribution in [-0.4, -0.2) is 47.4 Å². The highest BCUT2D eigenvalue weighted by atomic mass is 35.5. The summed E-state index contributed by atoms with van der Waals surface area (Å²) in [4.78, 5) is 14.2. The standard InChI is InChI=1S/C18H15ClN8OS/c1-11-16(23-27(22-11)15-8-3-5-12(19)9-15)17(28)20-13-6-4-7-14(10-13)26-18(29-2)21-24-25-26/h3-10H,1-2H3,(H,20,28). The number of tetrazole rings is 1. The second-order valence-corrected chi connectivity index (χ2v) is 7.20. The van der Waals surface area contributed by atoms with Crippen molar-refractivity contribution in [3.8, 4) is 11.4 Å². The lowest BCUT2D eigenvalue weighted by Gasteiger charge is -2.07. The largest absolute Gasteiger partial charge is 0.320 e. The predicted octanol–water partition coefficient (Wildman–Crippen LogP) is 3.18. The first-order valence-corrected chi connectivity index (χ1v) is 10.1. The lowest BCUT2D eigenvalue weighted by Crippen LogP contribution is -2.14. The van der Waals surface area contributed by atoms with Gasteiger partial charge in [-0.15, -0.1) is 10.2 Å². The van der Waals surface area contributed by atoms with Crippen molar-refractivity contribution in [2.45, 2.75) is 12.1 Å². The molecule has 11 heteroatoms. The molecule has 0 radical (unpaired) electrons. The molecule has 2 heterocycles. The SMILES string of the molecule is CSc1nnnn1-c1cccc(NC(=O)c2nn(-c3cccc(Cl)c3)nc2C)c1. The summed E-state index contributed by atoms with van der Waals surface area (Å²) in [5, 5.41) is 24.3. The zero-order valence-electron chi connectivity index (χ0n) is 15.4. The van der Waals surface area contributed by atoms with E-state index in [2.05, 4.69) is 31.0 Å². The number of nitrogens with one attached hydrogen (secondary N) is 1. The highest BCUT2D eigenvalue weighted by Gasteiger charge is 2.17. The van der Waals surface area contributed by atoms with Crippen molar-refractivity contribution in [1.29, 1.82) is 0 Å². The van der Waals surface area contributed by atoms with E-state index < -0.39 is 0 Å². The lowest BCUT2D eigenvalue weighted by molar-refractivity contribution is 0.102. The molecule has 0 bridgehead atoms. The number of hydrogen-bond acceptors (Lipinski definition) is 7. The van der Waals surface area contributed by atoms with Crippen LogP contribution >= 0.6 is 23.4 Å². The van der Waals surface area contributed by atoms with Gasteiger partial charge < -0.3 is 5.32 Å². The summed E-state index contributed by atoms with van der Waals surface area (Å²) >= 11 is 7.45. The van der Waals surface area contributed by atoms with Crippen LogP contribution in [0.3, 0.4) is 0 Å².